The Morgan fingerprint density at radius 3 is 1.98 bits per heavy atom. The number of carbonyl (C=O) groups is 2. The van der Waals surface area contributed by atoms with Crippen molar-refractivity contribution in [1.29, 1.82) is 0 Å². The minimum Gasteiger partial charge on any atom is -0.497 e. The molecule has 0 spiro atoms. The molecule has 0 aliphatic carbocycles. The predicted molar refractivity (Wildman–Crippen MR) is 175 cm³/mol. The molecule has 46 heavy (non-hydrogen) atoms. The first kappa shape index (κ1) is 35.8. The van der Waals surface area contributed by atoms with Crippen LogP contribution in [-0.2, 0) is 26.2 Å². The van der Waals surface area contributed by atoms with Crippen LogP contribution in [-0.4, -0.2) is 79.8 Å². The zero-order chi connectivity index (χ0) is 33.9. The summed E-state index contributed by atoms with van der Waals surface area (Å²) in [7, 11) is 2.78. The van der Waals surface area contributed by atoms with Crippen LogP contribution in [0.25, 0.3) is 0 Å². The van der Waals surface area contributed by atoms with Gasteiger partial charge in [-0.2, -0.15) is 0 Å². The van der Waals surface area contributed by atoms with Crippen molar-refractivity contribution in [2.24, 2.45) is 0 Å². The van der Waals surface area contributed by atoms with Crippen molar-refractivity contribution < 1.29 is 41.7 Å². The molecule has 0 radical (unpaired) electrons. The lowest BCUT2D eigenvalue weighted by Gasteiger charge is -2.32. The number of rotatable bonds is 17. The fourth-order valence-corrected chi connectivity index (χ4v) is 6.09. The lowest BCUT2D eigenvalue weighted by atomic mass is 10.1. The summed E-state index contributed by atoms with van der Waals surface area (Å²) in [6.45, 7) is 3.44. The van der Waals surface area contributed by atoms with Gasteiger partial charge in [-0.3, -0.25) is 13.9 Å². The Morgan fingerprint density at radius 1 is 0.783 bits per heavy atom. The van der Waals surface area contributed by atoms with Crippen LogP contribution in [0.2, 0.25) is 0 Å². The normalized spacial score (nSPS) is 11.6. The summed E-state index contributed by atoms with van der Waals surface area (Å²) in [5, 5.41) is 2.87. The number of hydrogen-bond donors (Lipinski definition) is 1. The first-order valence-corrected chi connectivity index (χ1v) is 16.1. The number of methoxy groups -OCH3 is 5. The topological polar surface area (TPSA) is 133 Å². The average Bonchev–Trinajstić information content (AvgIpc) is 3.08. The number of benzene rings is 3. The second-order valence-corrected chi connectivity index (χ2v) is 12.1. The Balaban J connectivity index is 2.14. The molecular formula is C33H43N3O9S. The molecule has 0 aliphatic rings. The lowest BCUT2D eigenvalue weighted by Crippen LogP contribution is -2.51. The molecule has 0 fully saturated rings. The van der Waals surface area contributed by atoms with Crippen LogP contribution in [0.1, 0.15) is 32.3 Å². The minimum atomic E-state index is -4.45. The van der Waals surface area contributed by atoms with Crippen molar-refractivity contribution in [2.75, 3.05) is 52.9 Å². The van der Waals surface area contributed by atoms with E-state index in [0.717, 1.165) is 22.7 Å². The van der Waals surface area contributed by atoms with Crippen molar-refractivity contribution >= 4 is 27.5 Å². The maximum absolute atomic E-state index is 14.4. The van der Waals surface area contributed by atoms with Gasteiger partial charge >= 0.3 is 0 Å². The summed E-state index contributed by atoms with van der Waals surface area (Å²) in [5.41, 5.74) is 0.782. The zero-order valence-electron chi connectivity index (χ0n) is 27.4. The highest BCUT2D eigenvalue weighted by atomic mass is 32.2. The molecule has 13 heteroatoms. The Morgan fingerprint density at radius 2 is 1.39 bits per heavy atom. The number of amides is 2. The summed E-state index contributed by atoms with van der Waals surface area (Å²) in [5.74, 6) is 0.692. The Labute approximate surface area is 271 Å². The Hall–Kier alpha value is -4.65. The van der Waals surface area contributed by atoms with Crippen LogP contribution < -0.4 is 33.3 Å². The van der Waals surface area contributed by atoms with Crippen LogP contribution in [0.15, 0.2) is 65.6 Å². The van der Waals surface area contributed by atoms with Crippen molar-refractivity contribution in [2.45, 2.75) is 44.2 Å². The number of anilines is 1. The number of unbranched alkanes of at least 4 members (excludes halogenated alkanes) is 1. The van der Waals surface area contributed by atoms with Gasteiger partial charge in [-0.15, -0.1) is 0 Å². The van der Waals surface area contributed by atoms with Crippen molar-refractivity contribution in [3.8, 4) is 28.7 Å². The number of ether oxygens (including phenoxy) is 5. The van der Waals surface area contributed by atoms with E-state index >= 15 is 0 Å². The van der Waals surface area contributed by atoms with Gasteiger partial charge in [-0.1, -0.05) is 25.5 Å². The van der Waals surface area contributed by atoms with Crippen molar-refractivity contribution in [3.63, 3.8) is 0 Å². The van der Waals surface area contributed by atoms with Gasteiger partial charge in [0.05, 0.1) is 46.1 Å². The third-order valence-electron chi connectivity index (χ3n) is 7.39. The lowest BCUT2D eigenvalue weighted by molar-refractivity contribution is -0.139. The zero-order valence-corrected chi connectivity index (χ0v) is 28.2. The largest absolute Gasteiger partial charge is 0.497 e. The van der Waals surface area contributed by atoms with E-state index in [0.29, 0.717) is 23.8 Å². The van der Waals surface area contributed by atoms with Gasteiger partial charge in [0.25, 0.3) is 10.0 Å². The van der Waals surface area contributed by atoms with Gasteiger partial charge in [-0.25, -0.2) is 8.42 Å². The summed E-state index contributed by atoms with van der Waals surface area (Å²) in [4.78, 5) is 28.7. The number of nitrogens with zero attached hydrogens (tertiary/aromatic N) is 2. The smallest absolute Gasteiger partial charge is 0.265 e. The standard InChI is InChI=1S/C33H43N3O9S/c1-8-9-18-34-33(38)23(2)35(21-24-10-12-25(41-3)13-11-24)32(37)22-36(28-19-26(42-4)14-16-29(28)43-5)46(39,40)27-15-17-30(44-6)31(20-27)45-7/h10-17,19-20,23H,8-9,18,21-22H2,1-7H3,(H,34,38)/t23-/m1/s1. The van der Waals surface area contributed by atoms with Gasteiger partial charge in [0, 0.05) is 25.2 Å². The van der Waals surface area contributed by atoms with E-state index in [-0.39, 0.29) is 34.5 Å². The molecule has 0 saturated carbocycles. The third-order valence-corrected chi connectivity index (χ3v) is 9.14. The molecule has 2 amide bonds. The maximum atomic E-state index is 14.4. The quantitative estimate of drug-likeness (QED) is 0.212. The fraction of sp³-hybridized carbons (Fsp3) is 0.394. The van der Waals surface area contributed by atoms with E-state index in [1.54, 1.807) is 50.4 Å². The average molecular weight is 658 g/mol. The van der Waals surface area contributed by atoms with E-state index < -0.39 is 28.5 Å². The molecule has 0 bridgehead atoms. The van der Waals surface area contributed by atoms with Crippen LogP contribution in [0, 0.1) is 0 Å². The molecule has 250 valence electrons. The first-order valence-electron chi connectivity index (χ1n) is 14.7. The minimum absolute atomic E-state index is 0.0324. The molecule has 0 heterocycles. The maximum Gasteiger partial charge on any atom is 0.265 e. The van der Waals surface area contributed by atoms with Gasteiger partial charge in [0.2, 0.25) is 11.8 Å². The van der Waals surface area contributed by atoms with Gasteiger partial charge in [0.1, 0.15) is 29.8 Å². The third kappa shape index (κ3) is 8.53. The molecule has 1 N–H and O–H groups in total. The van der Waals surface area contributed by atoms with E-state index in [1.807, 2.05) is 6.92 Å². The predicted octanol–water partition coefficient (Wildman–Crippen LogP) is 4.26. The monoisotopic (exact) mass is 657 g/mol. The van der Waals surface area contributed by atoms with E-state index in [1.165, 1.54) is 57.6 Å². The van der Waals surface area contributed by atoms with E-state index in [4.69, 9.17) is 23.7 Å². The van der Waals surface area contributed by atoms with Gasteiger partial charge in [-0.05, 0) is 55.3 Å². The molecule has 3 aromatic rings. The highest BCUT2D eigenvalue weighted by Gasteiger charge is 2.34. The SMILES string of the molecule is CCCCNC(=O)[C@@H](C)N(Cc1ccc(OC)cc1)C(=O)CN(c1cc(OC)ccc1OC)S(=O)(=O)c1ccc(OC)c(OC)c1. The summed E-state index contributed by atoms with van der Waals surface area (Å²) in [6.07, 6.45) is 1.66. The summed E-state index contributed by atoms with van der Waals surface area (Å²) < 4.78 is 56.6. The molecule has 1 atom stereocenters. The van der Waals surface area contributed by atoms with E-state index in [9.17, 15) is 18.0 Å². The summed E-state index contributed by atoms with van der Waals surface area (Å²) >= 11 is 0. The number of nitrogens with one attached hydrogen (secondary N) is 1. The molecule has 0 aliphatic heterocycles. The van der Waals surface area contributed by atoms with Gasteiger partial charge in [0.15, 0.2) is 11.5 Å². The Bertz CT molecular complexity index is 1580. The summed E-state index contributed by atoms with van der Waals surface area (Å²) in [6, 6.07) is 14.9. The molecule has 0 saturated heterocycles. The highest BCUT2D eigenvalue weighted by molar-refractivity contribution is 7.92. The van der Waals surface area contributed by atoms with E-state index in [2.05, 4.69) is 5.32 Å². The Kier molecular flexibility index (Phi) is 12.9. The molecule has 12 nitrogen and oxygen atoms in total. The number of carbonyl (C=O) groups excluding carboxylic acids is 2. The first-order chi connectivity index (χ1) is 22.0. The number of sulfonamides is 1. The van der Waals surface area contributed by atoms with Crippen LogP contribution in [0.4, 0.5) is 5.69 Å². The van der Waals surface area contributed by atoms with Crippen LogP contribution >= 0.6 is 0 Å². The second-order valence-electron chi connectivity index (χ2n) is 10.3. The van der Waals surface area contributed by atoms with Crippen molar-refractivity contribution in [1.82, 2.24) is 10.2 Å². The highest BCUT2D eigenvalue weighted by Crippen LogP contribution is 2.37. The van der Waals surface area contributed by atoms with Crippen LogP contribution in [0.3, 0.4) is 0 Å². The van der Waals surface area contributed by atoms with Crippen molar-refractivity contribution in [3.05, 3.63) is 66.2 Å². The molecule has 0 unspecified atom stereocenters. The number of hydrogen-bond acceptors (Lipinski definition) is 9. The van der Waals surface area contributed by atoms with Crippen LogP contribution in [0.5, 0.6) is 28.7 Å². The molecule has 3 rings (SSSR count). The molecule has 0 aromatic heterocycles. The fourth-order valence-electron chi connectivity index (χ4n) is 4.66. The molecular weight excluding hydrogens is 614 g/mol. The second kappa shape index (κ2) is 16.6. The van der Waals surface area contributed by atoms with Gasteiger partial charge < -0.3 is 33.9 Å². The molecule has 3 aromatic carbocycles.